The van der Waals surface area contributed by atoms with Crippen LogP contribution in [0.1, 0.15) is 27.7 Å². The van der Waals surface area contributed by atoms with Crippen molar-refractivity contribution in [3.05, 3.63) is 0 Å². The molecule has 10 heavy (non-hydrogen) atoms. The number of hydrogen-bond donors (Lipinski definition) is 1. The first-order chi connectivity index (χ1) is 4.57. The van der Waals surface area contributed by atoms with E-state index in [0.29, 0.717) is 18.2 Å². The third kappa shape index (κ3) is 3.85. The summed E-state index contributed by atoms with van der Waals surface area (Å²) in [6.45, 7) is 8.48. The van der Waals surface area contributed by atoms with Crippen molar-refractivity contribution in [1.29, 1.82) is 0 Å². The molecule has 2 nitrogen and oxygen atoms in total. The minimum atomic E-state index is 0.294. The molecule has 0 rings (SSSR count). The minimum absolute atomic E-state index is 0.294. The number of ether oxygens (including phenoxy) is 1. The van der Waals surface area contributed by atoms with Gasteiger partial charge in [-0.05, 0) is 13.8 Å². The minimum Gasteiger partial charge on any atom is -0.380 e. The molecule has 0 aromatic carbocycles. The lowest BCUT2D eigenvalue weighted by Crippen LogP contribution is -2.40. The SMILES string of the molecule is CO[C@@H](C)[C@@H](C)NC(C)C. The lowest BCUT2D eigenvalue weighted by atomic mass is 10.2. The van der Waals surface area contributed by atoms with E-state index in [1.54, 1.807) is 7.11 Å². The highest BCUT2D eigenvalue weighted by atomic mass is 16.5. The molecule has 0 spiro atoms. The van der Waals surface area contributed by atoms with Crippen LogP contribution in [0.25, 0.3) is 0 Å². The summed E-state index contributed by atoms with van der Waals surface area (Å²) in [5, 5.41) is 3.37. The highest BCUT2D eigenvalue weighted by Crippen LogP contribution is 1.96. The lowest BCUT2D eigenvalue weighted by Gasteiger charge is -2.21. The van der Waals surface area contributed by atoms with Crippen molar-refractivity contribution in [1.82, 2.24) is 5.32 Å². The zero-order valence-corrected chi connectivity index (χ0v) is 7.64. The van der Waals surface area contributed by atoms with Gasteiger partial charge in [0.05, 0.1) is 6.10 Å². The molecule has 0 unspecified atom stereocenters. The average Bonchev–Trinajstić information content (AvgIpc) is 1.85. The van der Waals surface area contributed by atoms with Gasteiger partial charge in [0.25, 0.3) is 0 Å². The van der Waals surface area contributed by atoms with Gasteiger partial charge in [-0.1, -0.05) is 13.8 Å². The predicted molar refractivity (Wildman–Crippen MR) is 44.2 cm³/mol. The first-order valence-corrected chi connectivity index (χ1v) is 3.86. The Balaban J connectivity index is 3.50. The van der Waals surface area contributed by atoms with Gasteiger partial charge in [-0.25, -0.2) is 0 Å². The van der Waals surface area contributed by atoms with Gasteiger partial charge in [-0.15, -0.1) is 0 Å². The van der Waals surface area contributed by atoms with Crippen LogP contribution >= 0.6 is 0 Å². The Morgan fingerprint density at radius 1 is 1.10 bits per heavy atom. The zero-order chi connectivity index (χ0) is 8.15. The van der Waals surface area contributed by atoms with Crippen molar-refractivity contribution in [3.8, 4) is 0 Å². The summed E-state index contributed by atoms with van der Waals surface area (Å²) in [4.78, 5) is 0. The largest absolute Gasteiger partial charge is 0.380 e. The normalized spacial score (nSPS) is 17.4. The van der Waals surface area contributed by atoms with Crippen LogP contribution in [-0.2, 0) is 4.74 Å². The van der Waals surface area contributed by atoms with E-state index < -0.39 is 0 Å². The molecule has 0 saturated heterocycles. The highest BCUT2D eigenvalue weighted by Gasteiger charge is 2.10. The second kappa shape index (κ2) is 4.69. The summed E-state index contributed by atoms with van der Waals surface area (Å²) < 4.78 is 5.15. The van der Waals surface area contributed by atoms with Gasteiger partial charge in [-0.2, -0.15) is 0 Å². The van der Waals surface area contributed by atoms with E-state index in [2.05, 4.69) is 33.0 Å². The molecule has 0 aliphatic rings. The van der Waals surface area contributed by atoms with E-state index in [-0.39, 0.29) is 0 Å². The molecular formula is C8H19NO. The van der Waals surface area contributed by atoms with Crippen molar-refractivity contribution < 1.29 is 4.74 Å². The fourth-order valence-electron chi connectivity index (χ4n) is 0.865. The molecule has 0 aromatic rings. The molecule has 0 aliphatic heterocycles. The number of nitrogens with one attached hydrogen (secondary N) is 1. The van der Waals surface area contributed by atoms with E-state index in [0.717, 1.165) is 0 Å². The molecule has 62 valence electrons. The van der Waals surface area contributed by atoms with Crippen LogP contribution in [0.4, 0.5) is 0 Å². The Hall–Kier alpha value is -0.0800. The third-order valence-corrected chi connectivity index (χ3v) is 1.67. The average molecular weight is 145 g/mol. The Morgan fingerprint density at radius 2 is 1.60 bits per heavy atom. The van der Waals surface area contributed by atoms with Crippen molar-refractivity contribution in [2.45, 2.75) is 45.9 Å². The molecule has 2 heteroatoms. The number of hydrogen-bond acceptors (Lipinski definition) is 2. The van der Waals surface area contributed by atoms with Crippen molar-refractivity contribution in [2.24, 2.45) is 0 Å². The van der Waals surface area contributed by atoms with E-state index in [4.69, 9.17) is 4.74 Å². The number of rotatable bonds is 4. The van der Waals surface area contributed by atoms with Crippen LogP contribution in [0, 0.1) is 0 Å². The van der Waals surface area contributed by atoms with Crippen LogP contribution in [0.2, 0.25) is 0 Å². The molecule has 0 bridgehead atoms. The summed E-state index contributed by atoms with van der Waals surface area (Å²) >= 11 is 0. The summed E-state index contributed by atoms with van der Waals surface area (Å²) in [5.41, 5.74) is 0. The Kier molecular flexibility index (Phi) is 4.65. The quantitative estimate of drug-likeness (QED) is 0.645. The summed E-state index contributed by atoms with van der Waals surface area (Å²) in [6, 6.07) is 0.970. The van der Waals surface area contributed by atoms with Gasteiger partial charge < -0.3 is 10.1 Å². The van der Waals surface area contributed by atoms with Crippen LogP contribution < -0.4 is 5.32 Å². The van der Waals surface area contributed by atoms with Crippen molar-refractivity contribution in [3.63, 3.8) is 0 Å². The maximum absolute atomic E-state index is 5.15. The fourth-order valence-corrected chi connectivity index (χ4v) is 0.865. The van der Waals surface area contributed by atoms with Crippen LogP contribution in [0.5, 0.6) is 0 Å². The molecule has 0 heterocycles. The fraction of sp³-hybridized carbons (Fsp3) is 1.00. The molecule has 0 aliphatic carbocycles. The third-order valence-electron chi connectivity index (χ3n) is 1.67. The number of methoxy groups -OCH3 is 1. The Bertz CT molecular complexity index is 83.3. The molecule has 0 saturated carbocycles. The van der Waals surface area contributed by atoms with Gasteiger partial charge in [0.1, 0.15) is 0 Å². The van der Waals surface area contributed by atoms with Crippen LogP contribution in [0.15, 0.2) is 0 Å². The topological polar surface area (TPSA) is 21.3 Å². The van der Waals surface area contributed by atoms with Gasteiger partial charge in [0, 0.05) is 19.2 Å². The summed E-state index contributed by atoms with van der Waals surface area (Å²) in [7, 11) is 1.74. The van der Waals surface area contributed by atoms with Crippen molar-refractivity contribution >= 4 is 0 Å². The monoisotopic (exact) mass is 145 g/mol. The van der Waals surface area contributed by atoms with Crippen molar-refractivity contribution in [2.75, 3.05) is 7.11 Å². The highest BCUT2D eigenvalue weighted by molar-refractivity contribution is 4.69. The van der Waals surface area contributed by atoms with E-state index in [9.17, 15) is 0 Å². The maximum Gasteiger partial charge on any atom is 0.0693 e. The van der Waals surface area contributed by atoms with Crippen LogP contribution in [0.3, 0.4) is 0 Å². The lowest BCUT2D eigenvalue weighted by molar-refractivity contribution is 0.0860. The van der Waals surface area contributed by atoms with Gasteiger partial charge in [0.15, 0.2) is 0 Å². The Labute approximate surface area is 64.0 Å². The second-order valence-corrected chi connectivity index (χ2v) is 3.05. The summed E-state index contributed by atoms with van der Waals surface area (Å²) in [5.74, 6) is 0. The molecule has 0 fully saturated rings. The molecule has 0 radical (unpaired) electrons. The van der Waals surface area contributed by atoms with Gasteiger partial charge in [-0.3, -0.25) is 0 Å². The van der Waals surface area contributed by atoms with Gasteiger partial charge in [0.2, 0.25) is 0 Å². The molecule has 2 atom stereocenters. The molecule has 0 amide bonds. The van der Waals surface area contributed by atoms with E-state index in [1.165, 1.54) is 0 Å². The maximum atomic E-state index is 5.15. The molecular weight excluding hydrogens is 126 g/mol. The molecule has 0 aromatic heterocycles. The summed E-state index contributed by atoms with van der Waals surface area (Å²) in [6.07, 6.45) is 0.294. The Morgan fingerprint density at radius 3 is 1.90 bits per heavy atom. The van der Waals surface area contributed by atoms with E-state index in [1.807, 2.05) is 0 Å². The van der Waals surface area contributed by atoms with Crippen LogP contribution in [-0.4, -0.2) is 25.3 Å². The predicted octanol–water partition coefficient (Wildman–Crippen LogP) is 1.41. The first kappa shape index (κ1) is 9.92. The zero-order valence-electron chi connectivity index (χ0n) is 7.64. The standard InChI is InChI=1S/C8H19NO/c1-6(2)9-7(3)8(4)10-5/h6-9H,1-5H3/t7-,8+/m1/s1. The van der Waals surface area contributed by atoms with E-state index >= 15 is 0 Å². The first-order valence-electron chi connectivity index (χ1n) is 3.86. The van der Waals surface area contributed by atoms with Gasteiger partial charge >= 0.3 is 0 Å². The molecule has 1 N–H and O–H groups in total. The second-order valence-electron chi connectivity index (χ2n) is 3.05. The smallest absolute Gasteiger partial charge is 0.0693 e.